The van der Waals surface area contributed by atoms with Gasteiger partial charge in [-0.1, -0.05) is 13.3 Å². The van der Waals surface area contributed by atoms with Gasteiger partial charge in [0.1, 0.15) is 5.60 Å². The van der Waals surface area contributed by atoms with Gasteiger partial charge in [-0.25, -0.2) is 9.59 Å². The summed E-state index contributed by atoms with van der Waals surface area (Å²) in [6.45, 7) is 7.80. The second-order valence-electron chi connectivity index (χ2n) is 5.84. The number of carbonyl (C=O) groups is 2. The molecule has 0 radical (unpaired) electrons. The number of amides is 1. The van der Waals surface area contributed by atoms with Crippen molar-refractivity contribution in [2.24, 2.45) is 0 Å². The fourth-order valence-electron chi connectivity index (χ4n) is 1.73. The summed E-state index contributed by atoms with van der Waals surface area (Å²) >= 11 is 0. The van der Waals surface area contributed by atoms with Crippen LogP contribution in [0.3, 0.4) is 0 Å². The molecule has 0 saturated carbocycles. The Balaban J connectivity index is 2.50. The van der Waals surface area contributed by atoms with E-state index in [9.17, 15) is 14.7 Å². The third-order valence-electron chi connectivity index (χ3n) is 2.81. The zero-order valence-corrected chi connectivity index (χ0v) is 12.1. The molecular weight excluding hydrogens is 250 g/mol. The van der Waals surface area contributed by atoms with Crippen LogP contribution in [0.1, 0.15) is 40.5 Å². The Bertz CT molecular complexity index is 341. The van der Waals surface area contributed by atoms with Gasteiger partial charge in [-0.2, -0.15) is 0 Å². The maximum Gasteiger partial charge on any atom is 0.410 e. The molecule has 19 heavy (non-hydrogen) atoms. The molecule has 1 fully saturated rings. The maximum absolute atomic E-state index is 11.7. The first kappa shape index (κ1) is 15.8. The first-order chi connectivity index (χ1) is 8.70. The van der Waals surface area contributed by atoms with E-state index in [4.69, 9.17) is 9.47 Å². The Labute approximate surface area is 113 Å². The van der Waals surface area contributed by atoms with Crippen LogP contribution >= 0.6 is 0 Å². The van der Waals surface area contributed by atoms with Gasteiger partial charge in [0.2, 0.25) is 0 Å². The maximum atomic E-state index is 11.7. The monoisotopic (exact) mass is 273 g/mol. The second kappa shape index (κ2) is 5.77. The van der Waals surface area contributed by atoms with E-state index >= 15 is 0 Å². The number of carbonyl (C=O) groups excluding carboxylic acids is 1. The molecule has 1 N–H and O–H groups in total. The number of carboxylic acid groups (broad SMARTS) is 1. The third-order valence-corrected chi connectivity index (χ3v) is 2.81. The molecule has 110 valence electrons. The number of nitrogens with zero attached hydrogens (tertiary/aromatic N) is 1. The highest BCUT2D eigenvalue weighted by molar-refractivity contribution is 5.83. The van der Waals surface area contributed by atoms with Crippen molar-refractivity contribution in [2.75, 3.05) is 19.7 Å². The number of unbranched alkanes of at least 4 members (excludes halogenated alkanes) is 1. The van der Waals surface area contributed by atoms with Crippen LogP contribution < -0.4 is 0 Å². The number of carboxylic acids is 1. The number of likely N-dealkylation sites (tertiary alicyclic amines) is 1. The van der Waals surface area contributed by atoms with Crippen molar-refractivity contribution in [3.05, 3.63) is 0 Å². The summed E-state index contributed by atoms with van der Waals surface area (Å²) in [6.07, 6.45) is 1.25. The normalized spacial score (nSPS) is 17.8. The van der Waals surface area contributed by atoms with Crippen molar-refractivity contribution in [1.82, 2.24) is 4.90 Å². The van der Waals surface area contributed by atoms with Gasteiger partial charge in [-0.3, -0.25) is 0 Å². The molecule has 1 saturated heterocycles. The van der Waals surface area contributed by atoms with Gasteiger partial charge in [0.05, 0.1) is 13.1 Å². The number of hydrogen-bond acceptors (Lipinski definition) is 4. The van der Waals surface area contributed by atoms with Gasteiger partial charge < -0.3 is 19.5 Å². The molecule has 0 aliphatic carbocycles. The lowest BCUT2D eigenvalue weighted by molar-refractivity contribution is -0.188. The standard InChI is InChI=1S/C13H23NO5/c1-5-6-7-18-13(10(15)16)8-14(9-13)11(17)19-12(2,3)4/h5-9H2,1-4H3,(H,15,16). The fraction of sp³-hybridized carbons (Fsp3) is 0.846. The number of hydrogen-bond donors (Lipinski definition) is 1. The summed E-state index contributed by atoms with van der Waals surface area (Å²) in [7, 11) is 0. The summed E-state index contributed by atoms with van der Waals surface area (Å²) in [5.41, 5.74) is -1.84. The Kier molecular flexibility index (Phi) is 4.79. The van der Waals surface area contributed by atoms with Crippen LogP contribution in [0.2, 0.25) is 0 Å². The van der Waals surface area contributed by atoms with Crippen molar-refractivity contribution in [2.45, 2.75) is 51.7 Å². The topological polar surface area (TPSA) is 76.1 Å². The van der Waals surface area contributed by atoms with Crippen LogP contribution in [0.15, 0.2) is 0 Å². The smallest absolute Gasteiger partial charge is 0.410 e. The number of ether oxygens (including phenoxy) is 2. The highest BCUT2D eigenvalue weighted by Crippen LogP contribution is 2.27. The molecule has 0 aromatic carbocycles. The number of aliphatic carboxylic acids is 1. The molecule has 1 aliphatic heterocycles. The average molecular weight is 273 g/mol. The van der Waals surface area contributed by atoms with E-state index in [1.165, 1.54) is 4.90 Å². The minimum atomic E-state index is -1.26. The minimum absolute atomic E-state index is 0.0426. The van der Waals surface area contributed by atoms with Gasteiger partial charge >= 0.3 is 12.1 Å². The van der Waals surface area contributed by atoms with E-state index in [0.717, 1.165) is 12.8 Å². The minimum Gasteiger partial charge on any atom is -0.479 e. The van der Waals surface area contributed by atoms with Gasteiger partial charge in [0.15, 0.2) is 5.60 Å². The molecule has 0 aromatic rings. The van der Waals surface area contributed by atoms with Gasteiger partial charge in [0.25, 0.3) is 0 Å². The van der Waals surface area contributed by atoms with Crippen LogP contribution in [-0.2, 0) is 14.3 Å². The van der Waals surface area contributed by atoms with E-state index in [1.54, 1.807) is 20.8 Å². The molecule has 1 amide bonds. The van der Waals surface area contributed by atoms with Crippen LogP contribution in [0.5, 0.6) is 0 Å². The van der Waals surface area contributed by atoms with Gasteiger partial charge in [-0.05, 0) is 27.2 Å². The Morgan fingerprint density at radius 1 is 1.32 bits per heavy atom. The molecule has 6 nitrogen and oxygen atoms in total. The second-order valence-corrected chi connectivity index (χ2v) is 5.84. The predicted octanol–water partition coefficient (Wildman–Crippen LogP) is 1.88. The zero-order valence-electron chi connectivity index (χ0n) is 12.1. The first-order valence-corrected chi connectivity index (χ1v) is 6.55. The predicted molar refractivity (Wildman–Crippen MR) is 69.0 cm³/mol. The summed E-state index contributed by atoms with van der Waals surface area (Å²) < 4.78 is 10.6. The third kappa shape index (κ3) is 4.09. The van der Waals surface area contributed by atoms with E-state index in [-0.39, 0.29) is 13.1 Å². The van der Waals surface area contributed by atoms with Crippen LogP contribution in [0, 0.1) is 0 Å². The summed E-state index contributed by atoms with van der Waals surface area (Å²) in [5.74, 6) is -1.02. The van der Waals surface area contributed by atoms with E-state index in [1.807, 2.05) is 6.92 Å². The summed E-state index contributed by atoms with van der Waals surface area (Å²) in [5, 5.41) is 9.21. The Morgan fingerprint density at radius 2 is 1.89 bits per heavy atom. The molecule has 0 unspecified atom stereocenters. The largest absolute Gasteiger partial charge is 0.479 e. The average Bonchev–Trinajstić information content (AvgIpc) is 2.18. The van der Waals surface area contributed by atoms with Crippen molar-refractivity contribution < 1.29 is 24.2 Å². The lowest BCUT2D eigenvalue weighted by Gasteiger charge is -2.46. The molecule has 0 aromatic heterocycles. The molecule has 6 heteroatoms. The van der Waals surface area contributed by atoms with Crippen molar-refractivity contribution in [3.63, 3.8) is 0 Å². The molecule has 1 heterocycles. The highest BCUT2D eigenvalue weighted by Gasteiger charge is 2.53. The Hall–Kier alpha value is -1.30. The van der Waals surface area contributed by atoms with Crippen molar-refractivity contribution in [1.29, 1.82) is 0 Å². The molecule has 0 spiro atoms. The Morgan fingerprint density at radius 3 is 2.32 bits per heavy atom. The van der Waals surface area contributed by atoms with Crippen molar-refractivity contribution >= 4 is 12.1 Å². The highest BCUT2D eigenvalue weighted by atomic mass is 16.6. The molecule has 0 bridgehead atoms. The summed E-state index contributed by atoms with van der Waals surface area (Å²) in [4.78, 5) is 24.3. The summed E-state index contributed by atoms with van der Waals surface area (Å²) in [6, 6.07) is 0. The fourth-order valence-corrected chi connectivity index (χ4v) is 1.73. The molecule has 0 atom stereocenters. The van der Waals surface area contributed by atoms with Gasteiger partial charge in [-0.15, -0.1) is 0 Å². The lowest BCUT2D eigenvalue weighted by Crippen LogP contribution is -2.69. The first-order valence-electron chi connectivity index (χ1n) is 6.55. The van der Waals surface area contributed by atoms with E-state index in [2.05, 4.69) is 0 Å². The SMILES string of the molecule is CCCCOC1(C(=O)O)CN(C(=O)OC(C)(C)C)C1. The van der Waals surface area contributed by atoms with Gasteiger partial charge in [0, 0.05) is 6.61 Å². The van der Waals surface area contributed by atoms with E-state index < -0.39 is 23.3 Å². The molecule has 1 rings (SSSR count). The molecular formula is C13H23NO5. The quantitative estimate of drug-likeness (QED) is 0.774. The number of rotatable bonds is 5. The van der Waals surface area contributed by atoms with Crippen LogP contribution in [0.4, 0.5) is 4.79 Å². The zero-order chi connectivity index (χ0) is 14.7. The van der Waals surface area contributed by atoms with Crippen LogP contribution in [0.25, 0.3) is 0 Å². The molecule has 1 aliphatic rings. The van der Waals surface area contributed by atoms with E-state index in [0.29, 0.717) is 6.61 Å². The van der Waals surface area contributed by atoms with Crippen molar-refractivity contribution in [3.8, 4) is 0 Å². The lowest BCUT2D eigenvalue weighted by atomic mass is 9.94. The van der Waals surface area contributed by atoms with Crippen LogP contribution in [-0.4, -0.2) is 53.0 Å².